The van der Waals surface area contributed by atoms with Crippen molar-refractivity contribution < 1.29 is 4.39 Å². The molecule has 1 unspecified atom stereocenters. The molecule has 1 aromatic heterocycles. The first-order chi connectivity index (χ1) is 14.4. The standard InChI is InChI=1S/C22H28FN5O2/c1-4-18(26(3)9-5-8-24)14-11-27(12-14)20-13(2)19-16(10-17(20)23)21(29)25-22(30)28(19)15-6-7-15/h10,14-15,18H,4-7,9,11-12H2,1-3H3,(H,25,29,30). The Morgan fingerprint density at radius 1 is 1.37 bits per heavy atom. The van der Waals surface area contributed by atoms with Gasteiger partial charge in [0, 0.05) is 49.6 Å². The number of nitrogens with one attached hydrogen (secondary N) is 1. The predicted molar refractivity (Wildman–Crippen MR) is 114 cm³/mol. The SMILES string of the molecule is CCC(C1CN(c2c(F)cc3c(=O)[nH]c(=O)n(C4CC4)c3c2C)C1)N(C)CCC#N. The first-order valence-electron chi connectivity index (χ1n) is 10.7. The second kappa shape index (κ2) is 7.88. The molecule has 1 aliphatic heterocycles. The largest absolute Gasteiger partial charge is 0.368 e. The van der Waals surface area contributed by atoms with Crippen LogP contribution in [0.15, 0.2) is 15.7 Å². The first-order valence-corrected chi connectivity index (χ1v) is 10.7. The Balaban J connectivity index is 1.66. The lowest BCUT2D eigenvalue weighted by atomic mass is 9.87. The monoisotopic (exact) mass is 413 g/mol. The van der Waals surface area contributed by atoms with Crippen molar-refractivity contribution in [3.8, 4) is 6.07 Å². The van der Waals surface area contributed by atoms with Crippen LogP contribution >= 0.6 is 0 Å². The average Bonchev–Trinajstić information content (AvgIpc) is 3.50. The fourth-order valence-corrected chi connectivity index (χ4v) is 4.97. The molecular formula is C22H28FN5O2. The van der Waals surface area contributed by atoms with Crippen LogP contribution in [0.1, 0.15) is 44.2 Å². The number of aryl methyl sites for hydroxylation is 1. The first kappa shape index (κ1) is 20.6. The van der Waals surface area contributed by atoms with E-state index in [0.717, 1.165) is 38.9 Å². The number of aromatic nitrogens is 2. The van der Waals surface area contributed by atoms with Crippen molar-refractivity contribution in [2.45, 2.75) is 51.6 Å². The van der Waals surface area contributed by atoms with Crippen molar-refractivity contribution in [3.63, 3.8) is 0 Å². The molecule has 0 amide bonds. The third-order valence-corrected chi connectivity index (χ3v) is 6.63. The normalized spacial score (nSPS) is 17.9. The van der Waals surface area contributed by atoms with Gasteiger partial charge >= 0.3 is 5.69 Å². The third-order valence-electron chi connectivity index (χ3n) is 6.63. The lowest BCUT2D eigenvalue weighted by Crippen LogP contribution is -2.56. The van der Waals surface area contributed by atoms with Gasteiger partial charge in [-0.05, 0) is 39.3 Å². The number of hydrogen-bond donors (Lipinski definition) is 1. The molecular weight excluding hydrogens is 385 g/mol. The molecule has 0 spiro atoms. The van der Waals surface area contributed by atoms with Gasteiger partial charge in [-0.1, -0.05) is 6.92 Å². The van der Waals surface area contributed by atoms with Crippen molar-refractivity contribution in [2.24, 2.45) is 5.92 Å². The molecule has 4 rings (SSSR count). The molecule has 2 aromatic rings. The summed E-state index contributed by atoms with van der Waals surface area (Å²) in [5.41, 5.74) is 0.760. The Bertz CT molecular complexity index is 1120. The molecule has 1 aromatic carbocycles. The van der Waals surface area contributed by atoms with E-state index in [4.69, 9.17) is 5.26 Å². The molecule has 1 atom stereocenters. The van der Waals surface area contributed by atoms with E-state index in [1.54, 1.807) is 4.57 Å². The molecule has 1 saturated heterocycles. The zero-order valence-electron chi connectivity index (χ0n) is 17.7. The maximum absolute atomic E-state index is 15.1. The van der Waals surface area contributed by atoms with Crippen molar-refractivity contribution >= 4 is 16.6 Å². The number of hydrogen-bond acceptors (Lipinski definition) is 5. The highest BCUT2D eigenvalue weighted by Gasteiger charge is 2.37. The number of benzene rings is 1. The lowest BCUT2D eigenvalue weighted by molar-refractivity contribution is 0.149. The number of rotatable bonds is 7. The molecule has 8 heteroatoms. The number of anilines is 1. The van der Waals surface area contributed by atoms with Crippen LogP contribution in [-0.2, 0) is 0 Å². The second-order valence-corrected chi connectivity index (χ2v) is 8.62. The Kier molecular flexibility index (Phi) is 5.41. The van der Waals surface area contributed by atoms with Crippen molar-refractivity contribution in [1.82, 2.24) is 14.5 Å². The maximum Gasteiger partial charge on any atom is 0.329 e. The van der Waals surface area contributed by atoms with Crippen LogP contribution in [-0.4, -0.2) is 47.2 Å². The van der Waals surface area contributed by atoms with Gasteiger partial charge in [0.15, 0.2) is 0 Å². The van der Waals surface area contributed by atoms with Crippen molar-refractivity contribution in [3.05, 3.63) is 38.3 Å². The minimum Gasteiger partial charge on any atom is -0.368 e. The van der Waals surface area contributed by atoms with E-state index in [2.05, 4.69) is 22.9 Å². The number of nitriles is 1. The van der Waals surface area contributed by atoms with Gasteiger partial charge in [0.1, 0.15) is 5.82 Å². The van der Waals surface area contributed by atoms with Crippen LogP contribution < -0.4 is 16.1 Å². The van der Waals surface area contributed by atoms with Crippen molar-refractivity contribution in [2.75, 3.05) is 31.6 Å². The summed E-state index contributed by atoms with van der Waals surface area (Å²) >= 11 is 0. The highest BCUT2D eigenvalue weighted by molar-refractivity contribution is 5.87. The lowest BCUT2D eigenvalue weighted by Gasteiger charge is -2.47. The summed E-state index contributed by atoms with van der Waals surface area (Å²) in [6.45, 7) is 6.11. The number of H-pyrrole nitrogens is 1. The van der Waals surface area contributed by atoms with E-state index in [9.17, 15) is 9.59 Å². The highest BCUT2D eigenvalue weighted by Crippen LogP contribution is 2.40. The molecule has 160 valence electrons. The summed E-state index contributed by atoms with van der Waals surface area (Å²) in [5.74, 6) is -0.0335. The molecule has 1 saturated carbocycles. The molecule has 1 aliphatic carbocycles. The molecule has 2 heterocycles. The molecule has 30 heavy (non-hydrogen) atoms. The van der Waals surface area contributed by atoms with E-state index >= 15 is 4.39 Å². The molecule has 0 bridgehead atoms. The number of fused-ring (bicyclic) bond motifs is 1. The van der Waals surface area contributed by atoms with Gasteiger partial charge in [-0.2, -0.15) is 5.26 Å². The Labute approximate surface area is 174 Å². The quantitative estimate of drug-likeness (QED) is 0.754. The summed E-state index contributed by atoms with van der Waals surface area (Å²) in [5, 5.41) is 9.08. The van der Waals surface area contributed by atoms with Crippen LogP contribution in [0.4, 0.5) is 10.1 Å². The fraction of sp³-hybridized carbons (Fsp3) is 0.591. The van der Waals surface area contributed by atoms with Gasteiger partial charge in [-0.25, -0.2) is 9.18 Å². The number of halogens is 1. The second-order valence-electron chi connectivity index (χ2n) is 8.62. The van der Waals surface area contributed by atoms with Gasteiger partial charge in [0.2, 0.25) is 0 Å². The van der Waals surface area contributed by atoms with E-state index in [0.29, 0.717) is 35.1 Å². The number of aromatic amines is 1. The Morgan fingerprint density at radius 3 is 2.67 bits per heavy atom. The zero-order valence-corrected chi connectivity index (χ0v) is 17.7. The topological polar surface area (TPSA) is 85.1 Å². The molecule has 2 aliphatic rings. The van der Waals surface area contributed by atoms with Gasteiger partial charge < -0.3 is 9.80 Å². The van der Waals surface area contributed by atoms with Crippen LogP contribution in [0, 0.1) is 30.0 Å². The van der Waals surface area contributed by atoms with E-state index < -0.39 is 17.1 Å². The minimum absolute atomic E-state index is 0.0799. The zero-order chi connectivity index (χ0) is 21.6. The fourth-order valence-electron chi connectivity index (χ4n) is 4.97. The van der Waals surface area contributed by atoms with Crippen LogP contribution in [0.5, 0.6) is 0 Å². The maximum atomic E-state index is 15.1. The van der Waals surface area contributed by atoms with Crippen LogP contribution in [0.25, 0.3) is 10.9 Å². The smallest absolute Gasteiger partial charge is 0.329 e. The highest BCUT2D eigenvalue weighted by atomic mass is 19.1. The molecule has 7 nitrogen and oxygen atoms in total. The average molecular weight is 413 g/mol. The molecule has 0 radical (unpaired) electrons. The van der Waals surface area contributed by atoms with E-state index in [1.807, 2.05) is 18.9 Å². The van der Waals surface area contributed by atoms with E-state index in [-0.39, 0.29) is 11.4 Å². The summed E-state index contributed by atoms with van der Waals surface area (Å²) in [7, 11) is 2.04. The van der Waals surface area contributed by atoms with Gasteiger partial charge in [0.05, 0.1) is 22.7 Å². The summed E-state index contributed by atoms with van der Waals surface area (Å²) in [6, 6.07) is 3.88. The molecule has 2 fully saturated rings. The summed E-state index contributed by atoms with van der Waals surface area (Å²) in [4.78, 5) is 31.3. The van der Waals surface area contributed by atoms with Crippen molar-refractivity contribution in [1.29, 1.82) is 5.26 Å². The Morgan fingerprint density at radius 2 is 2.07 bits per heavy atom. The van der Waals surface area contributed by atoms with Crippen LogP contribution in [0.2, 0.25) is 0 Å². The predicted octanol–water partition coefficient (Wildman–Crippen LogP) is 2.53. The summed E-state index contributed by atoms with van der Waals surface area (Å²) in [6.07, 6.45) is 3.25. The third kappa shape index (κ3) is 3.41. The molecule has 1 N–H and O–H groups in total. The van der Waals surface area contributed by atoms with Gasteiger partial charge in [-0.3, -0.25) is 14.3 Å². The Hall–Kier alpha value is -2.66. The van der Waals surface area contributed by atoms with E-state index in [1.165, 1.54) is 6.07 Å². The number of nitrogens with zero attached hydrogens (tertiary/aromatic N) is 4. The summed E-state index contributed by atoms with van der Waals surface area (Å²) < 4.78 is 16.7. The van der Waals surface area contributed by atoms with Crippen LogP contribution in [0.3, 0.4) is 0 Å². The minimum atomic E-state index is -0.535. The van der Waals surface area contributed by atoms with Gasteiger partial charge in [0.25, 0.3) is 5.56 Å². The van der Waals surface area contributed by atoms with Gasteiger partial charge in [-0.15, -0.1) is 0 Å².